The zero-order chi connectivity index (χ0) is 8.97. The Hall–Kier alpha value is -0.330. The third-order valence-corrected chi connectivity index (χ3v) is 3.06. The first-order chi connectivity index (χ1) is 5.74. The Labute approximate surface area is 75.5 Å². The van der Waals surface area contributed by atoms with E-state index in [0.29, 0.717) is 11.7 Å². The minimum Gasteiger partial charge on any atom is -0.299 e. The minimum atomic E-state index is 0.411. The van der Waals surface area contributed by atoms with Gasteiger partial charge < -0.3 is 0 Å². The first kappa shape index (κ1) is 9.76. The Morgan fingerprint density at radius 1 is 1.50 bits per heavy atom. The first-order valence-electron chi connectivity index (χ1n) is 5.26. The van der Waals surface area contributed by atoms with Gasteiger partial charge in [-0.1, -0.05) is 26.7 Å². The van der Waals surface area contributed by atoms with E-state index >= 15 is 0 Å². The molecule has 0 heterocycles. The Kier molecular flexibility index (Phi) is 3.77. The van der Waals surface area contributed by atoms with E-state index in [9.17, 15) is 4.79 Å². The van der Waals surface area contributed by atoms with Crippen LogP contribution in [-0.2, 0) is 4.79 Å². The van der Waals surface area contributed by atoms with Crippen LogP contribution in [0.4, 0.5) is 0 Å². The molecule has 0 spiro atoms. The topological polar surface area (TPSA) is 17.1 Å². The van der Waals surface area contributed by atoms with Gasteiger partial charge in [-0.05, 0) is 25.2 Å². The van der Waals surface area contributed by atoms with Gasteiger partial charge in [-0.15, -0.1) is 0 Å². The molecule has 1 aliphatic rings. The normalized spacial score (nSPS) is 27.2. The molecule has 0 aromatic rings. The maximum Gasteiger partial charge on any atom is 0.135 e. The van der Waals surface area contributed by atoms with Crippen molar-refractivity contribution >= 4 is 5.78 Å². The molecule has 1 fully saturated rings. The summed E-state index contributed by atoms with van der Waals surface area (Å²) in [4.78, 5) is 11.4. The molecule has 12 heavy (non-hydrogen) atoms. The predicted octanol–water partition coefficient (Wildman–Crippen LogP) is 3.18. The fourth-order valence-corrected chi connectivity index (χ4v) is 1.96. The summed E-state index contributed by atoms with van der Waals surface area (Å²) in [5, 5.41) is 0. The summed E-state index contributed by atoms with van der Waals surface area (Å²) in [5.74, 6) is 1.67. The molecule has 1 nitrogen and oxygen atoms in total. The molecule has 0 aromatic carbocycles. The highest BCUT2D eigenvalue weighted by atomic mass is 16.1. The lowest BCUT2D eigenvalue weighted by Crippen LogP contribution is -2.20. The van der Waals surface area contributed by atoms with Crippen molar-refractivity contribution < 1.29 is 4.79 Å². The summed E-state index contributed by atoms with van der Waals surface area (Å²) in [6.07, 6.45) is 6.76. The molecule has 0 N–H and O–H groups in total. The van der Waals surface area contributed by atoms with Crippen molar-refractivity contribution in [3.05, 3.63) is 0 Å². The second-order valence-corrected chi connectivity index (χ2v) is 4.16. The van der Waals surface area contributed by atoms with Crippen molar-refractivity contribution in [1.82, 2.24) is 0 Å². The SMILES string of the molecule is CCC(C)CC1CCCCC1=O. The van der Waals surface area contributed by atoms with Crippen LogP contribution in [0.5, 0.6) is 0 Å². The Morgan fingerprint density at radius 3 is 2.83 bits per heavy atom. The average molecular weight is 168 g/mol. The number of hydrogen-bond acceptors (Lipinski definition) is 1. The minimum absolute atomic E-state index is 0.411. The van der Waals surface area contributed by atoms with E-state index in [1.54, 1.807) is 0 Å². The van der Waals surface area contributed by atoms with Crippen LogP contribution >= 0.6 is 0 Å². The molecule has 0 aliphatic heterocycles. The zero-order valence-electron chi connectivity index (χ0n) is 8.31. The van der Waals surface area contributed by atoms with Crippen LogP contribution in [0.1, 0.15) is 52.4 Å². The van der Waals surface area contributed by atoms with E-state index in [4.69, 9.17) is 0 Å². The van der Waals surface area contributed by atoms with Crippen LogP contribution in [-0.4, -0.2) is 5.78 Å². The average Bonchev–Trinajstić information content (AvgIpc) is 2.09. The standard InChI is InChI=1S/C11H20O/c1-3-9(2)8-10-6-4-5-7-11(10)12/h9-10H,3-8H2,1-2H3. The first-order valence-corrected chi connectivity index (χ1v) is 5.26. The quantitative estimate of drug-likeness (QED) is 0.632. The van der Waals surface area contributed by atoms with Crippen LogP contribution in [0.15, 0.2) is 0 Å². The van der Waals surface area contributed by atoms with Gasteiger partial charge in [0.1, 0.15) is 5.78 Å². The molecule has 0 aromatic heterocycles. The fraction of sp³-hybridized carbons (Fsp3) is 0.909. The number of ketones is 1. The highest BCUT2D eigenvalue weighted by Crippen LogP contribution is 2.27. The van der Waals surface area contributed by atoms with Crippen molar-refractivity contribution in [2.24, 2.45) is 11.8 Å². The molecule has 2 atom stereocenters. The summed E-state index contributed by atoms with van der Waals surface area (Å²) < 4.78 is 0. The maximum absolute atomic E-state index is 11.4. The van der Waals surface area contributed by atoms with E-state index in [2.05, 4.69) is 13.8 Å². The zero-order valence-corrected chi connectivity index (χ0v) is 8.31. The van der Waals surface area contributed by atoms with Gasteiger partial charge >= 0.3 is 0 Å². The summed E-state index contributed by atoms with van der Waals surface area (Å²) in [6, 6.07) is 0. The second kappa shape index (κ2) is 4.64. The molecule has 1 aliphatic carbocycles. The molecule has 0 bridgehead atoms. The molecule has 1 rings (SSSR count). The van der Waals surface area contributed by atoms with Crippen LogP contribution in [0.2, 0.25) is 0 Å². The summed E-state index contributed by atoms with van der Waals surface area (Å²) >= 11 is 0. The van der Waals surface area contributed by atoms with Crippen molar-refractivity contribution in [3.8, 4) is 0 Å². The van der Waals surface area contributed by atoms with Crippen molar-refractivity contribution in [3.63, 3.8) is 0 Å². The monoisotopic (exact) mass is 168 g/mol. The van der Waals surface area contributed by atoms with Gasteiger partial charge in [0.15, 0.2) is 0 Å². The summed E-state index contributed by atoms with van der Waals surface area (Å²) in [5.41, 5.74) is 0. The van der Waals surface area contributed by atoms with Crippen molar-refractivity contribution in [2.45, 2.75) is 52.4 Å². The van der Waals surface area contributed by atoms with Gasteiger partial charge in [0.05, 0.1) is 0 Å². The van der Waals surface area contributed by atoms with Gasteiger partial charge in [0, 0.05) is 12.3 Å². The highest BCUT2D eigenvalue weighted by molar-refractivity contribution is 5.81. The van der Waals surface area contributed by atoms with Gasteiger partial charge in [0.2, 0.25) is 0 Å². The Morgan fingerprint density at radius 2 is 2.25 bits per heavy atom. The predicted molar refractivity (Wildman–Crippen MR) is 51.0 cm³/mol. The van der Waals surface area contributed by atoms with Crippen molar-refractivity contribution in [2.75, 3.05) is 0 Å². The fourth-order valence-electron chi connectivity index (χ4n) is 1.96. The summed E-state index contributed by atoms with van der Waals surface area (Å²) in [7, 11) is 0. The number of carbonyl (C=O) groups is 1. The van der Waals surface area contributed by atoms with E-state index in [-0.39, 0.29) is 0 Å². The van der Waals surface area contributed by atoms with E-state index in [1.165, 1.54) is 12.8 Å². The molecular formula is C11H20O. The van der Waals surface area contributed by atoms with E-state index < -0.39 is 0 Å². The Bertz CT molecular complexity index is 151. The van der Waals surface area contributed by atoms with E-state index in [0.717, 1.165) is 31.6 Å². The largest absolute Gasteiger partial charge is 0.299 e. The number of rotatable bonds is 3. The smallest absolute Gasteiger partial charge is 0.135 e. The lowest BCUT2D eigenvalue weighted by Gasteiger charge is -2.22. The van der Waals surface area contributed by atoms with Crippen LogP contribution < -0.4 is 0 Å². The number of Topliss-reactive ketones (excluding diaryl/α,β-unsaturated/α-hetero) is 1. The molecular weight excluding hydrogens is 148 g/mol. The summed E-state index contributed by atoms with van der Waals surface area (Å²) in [6.45, 7) is 4.46. The Balaban J connectivity index is 2.34. The molecule has 2 unspecified atom stereocenters. The third-order valence-electron chi connectivity index (χ3n) is 3.06. The van der Waals surface area contributed by atoms with Crippen LogP contribution in [0, 0.1) is 11.8 Å². The van der Waals surface area contributed by atoms with Crippen LogP contribution in [0.3, 0.4) is 0 Å². The molecule has 1 saturated carbocycles. The lowest BCUT2D eigenvalue weighted by atomic mass is 9.82. The van der Waals surface area contributed by atoms with E-state index in [1.807, 2.05) is 0 Å². The molecule has 0 amide bonds. The van der Waals surface area contributed by atoms with Gasteiger partial charge in [-0.2, -0.15) is 0 Å². The number of carbonyl (C=O) groups excluding carboxylic acids is 1. The highest BCUT2D eigenvalue weighted by Gasteiger charge is 2.22. The molecule has 0 radical (unpaired) electrons. The van der Waals surface area contributed by atoms with Gasteiger partial charge in [0.25, 0.3) is 0 Å². The number of hydrogen-bond donors (Lipinski definition) is 0. The lowest BCUT2D eigenvalue weighted by molar-refractivity contribution is -0.125. The van der Waals surface area contributed by atoms with Crippen LogP contribution in [0.25, 0.3) is 0 Å². The van der Waals surface area contributed by atoms with Crippen molar-refractivity contribution in [1.29, 1.82) is 0 Å². The molecule has 1 heteroatoms. The maximum atomic E-state index is 11.4. The molecule has 0 saturated heterocycles. The molecule has 70 valence electrons. The second-order valence-electron chi connectivity index (χ2n) is 4.16. The van der Waals surface area contributed by atoms with Gasteiger partial charge in [-0.3, -0.25) is 4.79 Å². The van der Waals surface area contributed by atoms with Gasteiger partial charge in [-0.25, -0.2) is 0 Å². The third kappa shape index (κ3) is 2.62.